The molecule has 7 nitrogen and oxygen atoms in total. The molecule has 0 heterocycles. The van der Waals surface area contributed by atoms with E-state index in [4.69, 9.17) is 5.11 Å². The number of aliphatic carboxylic acids is 1. The fraction of sp³-hybridized carbons (Fsp3) is 0.615. The molecule has 2 atom stereocenters. The number of nitrogens with one attached hydrogen (secondary N) is 2. The second-order valence-corrected chi connectivity index (χ2v) is 4.72. The third kappa shape index (κ3) is 4.56. The number of hydrogen-bond acceptors (Lipinski definition) is 3. The number of carbonyl (C=O) groups excluding carboxylic acids is 2. The van der Waals surface area contributed by atoms with Crippen molar-refractivity contribution >= 4 is 17.9 Å². The molecule has 1 aliphatic rings. The van der Waals surface area contributed by atoms with Crippen LogP contribution in [0.4, 0.5) is 4.79 Å². The number of urea groups is 1. The molecular formula is C13H21N3O4. The summed E-state index contributed by atoms with van der Waals surface area (Å²) in [6.07, 6.45) is 4.35. The summed E-state index contributed by atoms with van der Waals surface area (Å²) >= 11 is 0. The van der Waals surface area contributed by atoms with Gasteiger partial charge in [-0.15, -0.1) is 0 Å². The van der Waals surface area contributed by atoms with E-state index in [1.54, 1.807) is 12.2 Å². The Hall–Kier alpha value is -2.05. The summed E-state index contributed by atoms with van der Waals surface area (Å²) in [5, 5.41) is 14.1. The van der Waals surface area contributed by atoms with Crippen LogP contribution >= 0.6 is 0 Å². The first kappa shape index (κ1) is 16.0. The summed E-state index contributed by atoms with van der Waals surface area (Å²) in [5.74, 6) is -1.69. The number of hydrogen-bond donors (Lipinski definition) is 3. The molecule has 20 heavy (non-hydrogen) atoms. The monoisotopic (exact) mass is 283 g/mol. The molecule has 0 aromatic heterocycles. The molecule has 3 N–H and O–H groups in total. The van der Waals surface area contributed by atoms with E-state index in [-0.39, 0.29) is 24.5 Å². The summed E-state index contributed by atoms with van der Waals surface area (Å²) in [5.41, 5.74) is 0. The molecule has 0 saturated heterocycles. The highest BCUT2D eigenvalue weighted by molar-refractivity contribution is 5.84. The Morgan fingerprint density at radius 3 is 2.55 bits per heavy atom. The van der Waals surface area contributed by atoms with Gasteiger partial charge in [-0.25, -0.2) is 4.79 Å². The minimum absolute atomic E-state index is 0.00499. The van der Waals surface area contributed by atoms with Crippen molar-refractivity contribution in [2.24, 2.45) is 5.92 Å². The lowest BCUT2D eigenvalue weighted by atomic mass is 10.1. The standard InChI is InChI=1S/C13H21N3O4/c1-3-6-16(8-11(17)14-2)13(20)15-10-5-4-9(7-10)12(18)19/h4-5,9-10H,3,6-8H2,1-2H3,(H,14,17)(H,15,20)(H,18,19). The minimum atomic E-state index is -0.895. The molecule has 0 fully saturated rings. The van der Waals surface area contributed by atoms with Crippen molar-refractivity contribution in [3.8, 4) is 0 Å². The number of rotatable bonds is 6. The number of nitrogens with zero attached hydrogens (tertiary/aromatic N) is 1. The molecule has 1 rings (SSSR count). The number of carboxylic acid groups (broad SMARTS) is 1. The van der Waals surface area contributed by atoms with E-state index in [9.17, 15) is 14.4 Å². The van der Waals surface area contributed by atoms with Gasteiger partial charge < -0.3 is 20.6 Å². The maximum Gasteiger partial charge on any atom is 0.318 e. The summed E-state index contributed by atoms with van der Waals surface area (Å²) in [7, 11) is 1.52. The van der Waals surface area contributed by atoms with Gasteiger partial charge in [0.2, 0.25) is 5.91 Å². The fourth-order valence-corrected chi connectivity index (χ4v) is 2.01. The van der Waals surface area contributed by atoms with Gasteiger partial charge in [0.15, 0.2) is 0 Å². The molecular weight excluding hydrogens is 262 g/mol. The summed E-state index contributed by atoms with van der Waals surface area (Å²) < 4.78 is 0. The smallest absolute Gasteiger partial charge is 0.318 e. The predicted octanol–water partition coefficient (Wildman–Crippen LogP) is 0.183. The fourth-order valence-electron chi connectivity index (χ4n) is 2.01. The molecule has 112 valence electrons. The minimum Gasteiger partial charge on any atom is -0.481 e. The number of carbonyl (C=O) groups is 3. The molecule has 0 aromatic rings. The van der Waals surface area contributed by atoms with E-state index < -0.39 is 11.9 Å². The highest BCUT2D eigenvalue weighted by atomic mass is 16.4. The zero-order valence-electron chi connectivity index (χ0n) is 11.8. The van der Waals surface area contributed by atoms with Crippen LogP contribution in [0.5, 0.6) is 0 Å². The highest BCUT2D eigenvalue weighted by Crippen LogP contribution is 2.18. The lowest BCUT2D eigenvalue weighted by Gasteiger charge is -2.23. The second kappa shape index (κ2) is 7.52. The van der Waals surface area contributed by atoms with Gasteiger partial charge in [0.05, 0.1) is 12.0 Å². The van der Waals surface area contributed by atoms with Crippen LogP contribution in [-0.2, 0) is 9.59 Å². The van der Waals surface area contributed by atoms with Crippen molar-refractivity contribution in [2.75, 3.05) is 20.1 Å². The molecule has 0 saturated carbocycles. The molecule has 0 radical (unpaired) electrons. The predicted molar refractivity (Wildman–Crippen MR) is 73.1 cm³/mol. The maximum absolute atomic E-state index is 12.1. The molecule has 0 aromatic carbocycles. The first-order valence-electron chi connectivity index (χ1n) is 6.65. The Morgan fingerprint density at radius 1 is 1.35 bits per heavy atom. The Labute approximate surface area is 118 Å². The Morgan fingerprint density at radius 2 is 2.05 bits per heavy atom. The zero-order valence-corrected chi connectivity index (χ0v) is 11.8. The normalized spacial score (nSPS) is 20.5. The Bertz CT molecular complexity index is 408. The summed E-state index contributed by atoms with van der Waals surface area (Å²) in [6.45, 7) is 2.38. The summed E-state index contributed by atoms with van der Waals surface area (Å²) in [6, 6.07) is -0.649. The van der Waals surface area contributed by atoms with Gasteiger partial charge in [0, 0.05) is 13.6 Å². The maximum atomic E-state index is 12.1. The van der Waals surface area contributed by atoms with Crippen molar-refractivity contribution in [1.82, 2.24) is 15.5 Å². The van der Waals surface area contributed by atoms with Gasteiger partial charge in [-0.2, -0.15) is 0 Å². The van der Waals surface area contributed by atoms with Gasteiger partial charge in [-0.3, -0.25) is 9.59 Å². The quantitative estimate of drug-likeness (QED) is 0.606. The van der Waals surface area contributed by atoms with Crippen LogP contribution in [-0.4, -0.2) is 54.1 Å². The van der Waals surface area contributed by atoms with Crippen LogP contribution in [0, 0.1) is 5.92 Å². The SMILES string of the molecule is CCCN(CC(=O)NC)C(=O)NC1C=CC(C(=O)O)C1. The van der Waals surface area contributed by atoms with Crippen LogP contribution in [0.3, 0.4) is 0 Å². The van der Waals surface area contributed by atoms with Crippen molar-refractivity contribution in [2.45, 2.75) is 25.8 Å². The van der Waals surface area contributed by atoms with Crippen LogP contribution in [0.2, 0.25) is 0 Å². The van der Waals surface area contributed by atoms with E-state index in [0.29, 0.717) is 13.0 Å². The first-order valence-corrected chi connectivity index (χ1v) is 6.65. The van der Waals surface area contributed by atoms with Crippen LogP contribution in [0.15, 0.2) is 12.2 Å². The van der Waals surface area contributed by atoms with Gasteiger partial charge in [0.1, 0.15) is 6.54 Å². The second-order valence-electron chi connectivity index (χ2n) is 4.72. The molecule has 0 bridgehead atoms. The topological polar surface area (TPSA) is 98.7 Å². The van der Waals surface area contributed by atoms with Crippen molar-refractivity contribution in [1.29, 1.82) is 0 Å². The van der Waals surface area contributed by atoms with Crippen molar-refractivity contribution < 1.29 is 19.5 Å². The lowest BCUT2D eigenvalue weighted by Crippen LogP contribution is -2.47. The van der Waals surface area contributed by atoms with Gasteiger partial charge >= 0.3 is 12.0 Å². The number of likely N-dealkylation sites (N-methyl/N-ethyl adjacent to an activating group) is 1. The zero-order chi connectivity index (χ0) is 15.1. The van der Waals surface area contributed by atoms with Crippen LogP contribution in [0.25, 0.3) is 0 Å². The first-order chi connectivity index (χ1) is 9.47. The molecule has 0 spiro atoms. The van der Waals surface area contributed by atoms with Crippen molar-refractivity contribution in [3.05, 3.63) is 12.2 Å². The highest BCUT2D eigenvalue weighted by Gasteiger charge is 2.26. The Kier molecular flexibility index (Phi) is 6.02. The molecule has 7 heteroatoms. The lowest BCUT2D eigenvalue weighted by molar-refractivity contribution is -0.140. The van der Waals surface area contributed by atoms with E-state index in [1.807, 2.05) is 6.92 Å². The Balaban J connectivity index is 2.52. The summed E-state index contributed by atoms with van der Waals surface area (Å²) in [4.78, 5) is 35.7. The van der Waals surface area contributed by atoms with Gasteiger partial charge in [0.25, 0.3) is 0 Å². The largest absolute Gasteiger partial charge is 0.481 e. The van der Waals surface area contributed by atoms with Crippen molar-refractivity contribution in [3.63, 3.8) is 0 Å². The van der Waals surface area contributed by atoms with Crippen LogP contribution in [0.1, 0.15) is 19.8 Å². The molecule has 0 aliphatic heterocycles. The average molecular weight is 283 g/mol. The molecule has 3 amide bonds. The third-order valence-corrected chi connectivity index (χ3v) is 3.10. The van der Waals surface area contributed by atoms with E-state index >= 15 is 0 Å². The number of carboxylic acids is 1. The van der Waals surface area contributed by atoms with Gasteiger partial charge in [-0.05, 0) is 12.8 Å². The van der Waals surface area contributed by atoms with E-state index in [2.05, 4.69) is 10.6 Å². The third-order valence-electron chi connectivity index (χ3n) is 3.10. The molecule has 2 unspecified atom stereocenters. The van der Waals surface area contributed by atoms with Gasteiger partial charge in [-0.1, -0.05) is 19.1 Å². The van der Waals surface area contributed by atoms with E-state index in [0.717, 1.165) is 6.42 Å². The van der Waals surface area contributed by atoms with Crippen LogP contribution < -0.4 is 10.6 Å². The average Bonchev–Trinajstić information content (AvgIpc) is 2.86. The van der Waals surface area contributed by atoms with E-state index in [1.165, 1.54) is 11.9 Å². The number of amides is 3. The molecule has 1 aliphatic carbocycles.